The third-order valence-electron chi connectivity index (χ3n) is 3.47. The van der Waals surface area contributed by atoms with Crippen LogP contribution < -0.4 is 14.8 Å². The maximum atomic E-state index is 13.5. The van der Waals surface area contributed by atoms with Gasteiger partial charge in [-0.25, -0.2) is 27.9 Å². The van der Waals surface area contributed by atoms with Gasteiger partial charge in [-0.15, -0.1) is 0 Å². The van der Waals surface area contributed by atoms with Crippen LogP contribution in [0.15, 0.2) is 28.7 Å². The van der Waals surface area contributed by atoms with E-state index in [-0.39, 0.29) is 16.2 Å². The number of anilines is 1. The van der Waals surface area contributed by atoms with Gasteiger partial charge in [-0.05, 0) is 12.1 Å². The smallest absolute Gasteiger partial charge is 0.250 e. The highest BCUT2D eigenvalue weighted by Gasteiger charge is 2.24. The predicted octanol–water partition coefficient (Wildman–Crippen LogP) is 1.37. The SMILES string of the molecule is NS(=O)(=O)c1cnc(N2CCC(Oc3ncccc3F)CC2)s1. The molecule has 1 aliphatic heterocycles. The first-order valence-corrected chi connectivity index (χ1v) is 9.30. The van der Waals surface area contributed by atoms with E-state index >= 15 is 0 Å². The lowest BCUT2D eigenvalue weighted by molar-refractivity contribution is 0.156. The summed E-state index contributed by atoms with van der Waals surface area (Å²) in [5.74, 6) is -0.468. The molecule has 0 bridgehead atoms. The summed E-state index contributed by atoms with van der Waals surface area (Å²) in [6.45, 7) is 1.27. The summed E-state index contributed by atoms with van der Waals surface area (Å²) < 4.78 is 41.7. The Bertz CT molecular complexity index is 788. The van der Waals surface area contributed by atoms with Crippen molar-refractivity contribution in [3.8, 4) is 5.88 Å². The van der Waals surface area contributed by atoms with Gasteiger partial charge in [0.15, 0.2) is 15.2 Å². The average Bonchev–Trinajstić information content (AvgIpc) is 3.00. The summed E-state index contributed by atoms with van der Waals surface area (Å²) >= 11 is 1.04. The van der Waals surface area contributed by atoms with Crippen molar-refractivity contribution in [2.45, 2.75) is 23.2 Å². The van der Waals surface area contributed by atoms with Crippen LogP contribution in [0.4, 0.5) is 9.52 Å². The minimum absolute atomic E-state index is 0.0108. The Hall–Kier alpha value is -1.78. The van der Waals surface area contributed by atoms with Gasteiger partial charge in [-0.3, -0.25) is 0 Å². The van der Waals surface area contributed by atoms with E-state index in [1.54, 1.807) is 0 Å². The first-order chi connectivity index (χ1) is 10.9. The van der Waals surface area contributed by atoms with E-state index in [0.717, 1.165) is 11.3 Å². The van der Waals surface area contributed by atoms with E-state index in [2.05, 4.69) is 9.97 Å². The third kappa shape index (κ3) is 3.77. The molecule has 1 aliphatic rings. The number of ether oxygens (including phenoxy) is 1. The van der Waals surface area contributed by atoms with Gasteiger partial charge in [0.25, 0.3) is 5.88 Å². The molecule has 3 heterocycles. The Labute approximate surface area is 137 Å². The van der Waals surface area contributed by atoms with Gasteiger partial charge in [0.2, 0.25) is 10.0 Å². The molecular weight excluding hydrogens is 343 g/mol. The van der Waals surface area contributed by atoms with E-state index in [0.29, 0.717) is 31.1 Å². The zero-order valence-electron chi connectivity index (χ0n) is 12.1. The number of hydrogen-bond acceptors (Lipinski definition) is 7. The van der Waals surface area contributed by atoms with Gasteiger partial charge in [-0.2, -0.15) is 0 Å². The molecule has 0 radical (unpaired) electrons. The highest BCUT2D eigenvalue weighted by atomic mass is 32.2. The number of hydrogen-bond donors (Lipinski definition) is 1. The molecule has 10 heteroatoms. The first kappa shape index (κ1) is 16.1. The van der Waals surface area contributed by atoms with Crippen LogP contribution in [0.2, 0.25) is 0 Å². The molecule has 0 aliphatic carbocycles. The Morgan fingerprint density at radius 2 is 2.09 bits per heavy atom. The normalized spacial score (nSPS) is 16.5. The number of thiazole rings is 1. The second-order valence-electron chi connectivity index (χ2n) is 5.10. The number of nitrogens with two attached hydrogens (primary N) is 1. The largest absolute Gasteiger partial charge is 0.472 e. The van der Waals surface area contributed by atoms with Crippen LogP contribution in [0.5, 0.6) is 5.88 Å². The zero-order valence-corrected chi connectivity index (χ0v) is 13.7. The van der Waals surface area contributed by atoms with Crippen molar-refractivity contribution < 1.29 is 17.5 Å². The van der Waals surface area contributed by atoms with Crippen LogP contribution in [0, 0.1) is 5.82 Å². The van der Waals surface area contributed by atoms with Gasteiger partial charge in [0.05, 0.1) is 6.20 Å². The fourth-order valence-electron chi connectivity index (χ4n) is 2.31. The van der Waals surface area contributed by atoms with Crippen molar-refractivity contribution in [3.63, 3.8) is 0 Å². The van der Waals surface area contributed by atoms with E-state index in [1.807, 2.05) is 4.90 Å². The summed E-state index contributed by atoms with van der Waals surface area (Å²) in [7, 11) is -3.72. The predicted molar refractivity (Wildman–Crippen MR) is 83.5 cm³/mol. The second kappa shape index (κ2) is 6.38. The standard InChI is InChI=1S/C13H15FN4O3S2/c14-10-2-1-5-16-12(10)21-9-3-6-18(7-4-9)13-17-8-11(22-13)23(15,19)20/h1-2,5,8-9H,3-4,6-7H2,(H2,15,19,20). The Morgan fingerprint density at radius 1 is 1.35 bits per heavy atom. The molecule has 1 saturated heterocycles. The first-order valence-electron chi connectivity index (χ1n) is 6.94. The average molecular weight is 358 g/mol. The molecule has 0 unspecified atom stereocenters. The Balaban J connectivity index is 1.60. The molecule has 2 N–H and O–H groups in total. The molecule has 0 aromatic carbocycles. The van der Waals surface area contributed by atoms with Crippen LogP contribution in [-0.4, -0.2) is 37.6 Å². The lowest BCUT2D eigenvalue weighted by atomic mass is 10.1. The zero-order chi connectivity index (χ0) is 16.4. The van der Waals surface area contributed by atoms with Crippen molar-refractivity contribution in [3.05, 3.63) is 30.3 Å². The van der Waals surface area contributed by atoms with Gasteiger partial charge < -0.3 is 9.64 Å². The maximum absolute atomic E-state index is 13.5. The number of primary sulfonamides is 1. The summed E-state index contributed by atoms with van der Waals surface area (Å²) in [6.07, 6.45) is 3.95. The lowest BCUT2D eigenvalue weighted by Crippen LogP contribution is -2.38. The van der Waals surface area contributed by atoms with Crippen molar-refractivity contribution in [2.75, 3.05) is 18.0 Å². The topological polar surface area (TPSA) is 98.4 Å². The van der Waals surface area contributed by atoms with E-state index in [1.165, 1.54) is 24.5 Å². The maximum Gasteiger partial charge on any atom is 0.250 e. The van der Waals surface area contributed by atoms with Gasteiger partial charge in [-0.1, -0.05) is 11.3 Å². The number of aromatic nitrogens is 2. The molecular formula is C13H15FN4O3S2. The number of pyridine rings is 1. The summed E-state index contributed by atoms with van der Waals surface area (Å²) in [5.41, 5.74) is 0. The monoisotopic (exact) mass is 358 g/mol. The fraction of sp³-hybridized carbons (Fsp3) is 0.385. The fourth-order valence-corrected chi connectivity index (χ4v) is 3.90. The molecule has 23 heavy (non-hydrogen) atoms. The molecule has 0 spiro atoms. The Kier molecular flexibility index (Phi) is 4.46. The number of halogens is 1. The molecule has 0 amide bonds. The van der Waals surface area contributed by atoms with Crippen molar-refractivity contribution in [1.82, 2.24) is 9.97 Å². The minimum Gasteiger partial charge on any atom is -0.472 e. The number of rotatable bonds is 4. The molecule has 0 atom stereocenters. The minimum atomic E-state index is -3.72. The van der Waals surface area contributed by atoms with Crippen LogP contribution in [0.3, 0.4) is 0 Å². The molecule has 3 rings (SSSR count). The van der Waals surface area contributed by atoms with Crippen molar-refractivity contribution >= 4 is 26.5 Å². The quantitative estimate of drug-likeness (QED) is 0.886. The highest BCUT2D eigenvalue weighted by molar-refractivity contribution is 7.91. The number of nitrogens with zero attached hydrogens (tertiary/aromatic N) is 3. The van der Waals surface area contributed by atoms with Gasteiger partial charge in [0, 0.05) is 32.1 Å². The number of sulfonamides is 1. The second-order valence-corrected chi connectivity index (χ2v) is 7.90. The van der Waals surface area contributed by atoms with Crippen molar-refractivity contribution in [2.24, 2.45) is 5.14 Å². The molecule has 2 aromatic heterocycles. The van der Waals surface area contributed by atoms with Crippen LogP contribution in [-0.2, 0) is 10.0 Å². The number of piperidine rings is 1. The van der Waals surface area contributed by atoms with Crippen LogP contribution >= 0.6 is 11.3 Å². The molecule has 7 nitrogen and oxygen atoms in total. The van der Waals surface area contributed by atoms with E-state index in [4.69, 9.17) is 9.88 Å². The van der Waals surface area contributed by atoms with Crippen molar-refractivity contribution in [1.29, 1.82) is 0 Å². The Morgan fingerprint density at radius 3 is 2.70 bits per heavy atom. The van der Waals surface area contributed by atoms with Gasteiger partial charge in [0.1, 0.15) is 6.10 Å². The highest BCUT2D eigenvalue weighted by Crippen LogP contribution is 2.28. The van der Waals surface area contributed by atoms with Gasteiger partial charge >= 0.3 is 0 Å². The van der Waals surface area contributed by atoms with E-state index < -0.39 is 15.8 Å². The summed E-state index contributed by atoms with van der Waals surface area (Å²) in [6, 6.07) is 2.82. The van der Waals surface area contributed by atoms with Crippen LogP contribution in [0.1, 0.15) is 12.8 Å². The summed E-state index contributed by atoms with van der Waals surface area (Å²) in [5, 5.41) is 5.69. The third-order valence-corrected chi connectivity index (χ3v) is 5.93. The molecule has 0 saturated carbocycles. The lowest BCUT2D eigenvalue weighted by Gasteiger charge is -2.31. The summed E-state index contributed by atoms with van der Waals surface area (Å²) in [4.78, 5) is 9.95. The van der Waals surface area contributed by atoms with E-state index in [9.17, 15) is 12.8 Å². The molecule has 124 valence electrons. The molecule has 1 fully saturated rings. The van der Waals surface area contributed by atoms with Crippen LogP contribution in [0.25, 0.3) is 0 Å². The molecule has 2 aromatic rings.